The molecule has 1 aromatic heterocycles. The van der Waals surface area contributed by atoms with Crippen LogP contribution >= 0.6 is 11.8 Å². The third-order valence-corrected chi connectivity index (χ3v) is 6.24. The Hall–Kier alpha value is -4.68. The summed E-state index contributed by atoms with van der Waals surface area (Å²) in [5.74, 6) is -0.259. The number of benzene rings is 3. The molecule has 1 heterocycles. The maximum absolute atomic E-state index is 12.7. The minimum absolute atomic E-state index is 0.0582. The van der Waals surface area contributed by atoms with Gasteiger partial charge in [0.25, 0.3) is 5.69 Å². The molecule has 36 heavy (non-hydrogen) atoms. The van der Waals surface area contributed by atoms with Gasteiger partial charge in [-0.05, 0) is 23.8 Å². The monoisotopic (exact) mass is 496 g/mol. The van der Waals surface area contributed by atoms with Crippen molar-refractivity contribution >= 4 is 29.0 Å². The molecule has 0 radical (unpaired) electrons. The molecule has 178 valence electrons. The fourth-order valence-corrected chi connectivity index (χ4v) is 4.35. The van der Waals surface area contributed by atoms with E-state index in [0.29, 0.717) is 27.6 Å². The summed E-state index contributed by atoms with van der Waals surface area (Å²) in [6.45, 7) is 0. The molecular formula is C27H20N4O4S. The minimum Gasteiger partial charge on any atom is -0.496 e. The fraction of sp³-hybridized carbons (Fsp3) is 0.0741. The number of hydrogen-bond donors (Lipinski definition) is 1. The van der Waals surface area contributed by atoms with Crippen molar-refractivity contribution in [3.63, 3.8) is 0 Å². The van der Waals surface area contributed by atoms with Crippen LogP contribution in [0.25, 0.3) is 22.4 Å². The average molecular weight is 497 g/mol. The highest BCUT2D eigenvalue weighted by Crippen LogP contribution is 2.34. The van der Waals surface area contributed by atoms with Crippen LogP contribution in [-0.4, -0.2) is 28.7 Å². The number of hydrogen-bond acceptors (Lipinski definition) is 7. The first kappa shape index (κ1) is 24.4. The van der Waals surface area contributed by atoms with Crippen molar-refractivity contribution in [3.8, 4) is 34.2 Å². The van der Waals surface area contributed by atoms with Crippen LogP contribution in [0.2, 0.25) is 0 Å². The van der Waals surface area contributed by atoms with Gasteiger partial charge >= 0.3 is 0 Å². The van der Waals surface area contributed by atoms with Gasteiger partial charge in [0, 0.05) is 11.1 Å². The number of amides is 1. The van der Waals surface area contributed by atoms with Gasteiger partial charge in [0.15, 0.2) is 0 Å². The highest BCUT2D eigenvalue weighted by Gasteiger charge is 2.20. The summed E-state index contributed by atoms with van der Waals surface area (Å²) in [6, 6.07) is 27.4. The summed E-state index contributed by atoms with van der Waals surface area (Å²) in [7, 11) is 1.40. The quantitative estimate of drug-likeness (QED) is 0.182. The van der Waals surface area contributed by atoms with Crippen molar-refractivity contribution in [1.82, 2.24) is 4.98 Å². The first-order valence-corrected chi connectivity index (χ1v) is 11.8. The van der Waals surface area contributed by atoms with Gasteiger partial charge in [-0.3, -0.25) is 14.9 Å². The molecule has 0 bridgehead atoms. The lowest BCUT2D eigenvalue weighted by atomic mass is 9.99. The second-order valence-corrected chi connectivity index (χ2v) is 8.52. The second kappa shape index (κ2) is 11.2. The number of methoxy groups -OCH3 is 1. The summed E-state index contributed by atoms with van der Waals surface area (Å²) < 4.78 is 5.03. The molecule has 3 aromatic carbocycles. The first-order chi connectivity index (χ1) is 17.5. The molecule has 0 aliphatic rings. The van der Waals surface area contributed by atoms with Crippen LogP contribution in [0.3, 0.4) is 0 Å². The van der Waals surface area contributed by atoms with E-state index in [1.807, 2.05) is 66.7 Å². The van der Waals surface area contributed by atoms with E-state index in [1.54, 1.807) is 0 Å². The zero-order valence-corrected chi connectivity index (χ0v) is 20.0. The summed E-state index contributed by atoms with van der Waals surface area (Å²) in [5, 5.41) is 24.4. The van der Waals surface area contributed by atoms with Crippen molar-refractivity contribution in [3.05, 3.63) is 101 Å². The van der Waals surface area contributed by atoms with Crippen molar-refractivity contribution in [2.75, 3.05) is 18.2 Å². The molecule has 1 N–H and O–H groups in total. The zero-order chi connectivity index (χ0) is 25.5. The smallest absolute Gasteiger partial charge is 0.296 e. The number of pyridine rings is 1. The van der Waals surface area contributed by atoms with Crippen molar-refractivity contribution in [1.29, 1.82) is 5.26 Å². The highest BCUT2D eigenvalue weighted by molar-refractivity contribution is 8.00. The van der Waals surface area contributed by atoms with E-state index in [-0.39, 0.29) is 17.1 Å². The van der Waals surface area contributed by atoms with E-state index in [4.69, 9.17) is 4.74 Å². The van der Waals surface area contributed by atoms with E-state index >= 15 is 0 Å². The lowest BCUT2D eigenvalue weighted by Crippen LogP contribution is -2.15. The Morgan fingerprint density at radius 1 is 1.06 bits per heavy atom. The number of nitriles is 1. The normalized spacial score (nSPS) is 10.3. The number of rotatable bonds is 8. The molecule has 0 aliphatic carbocycles. The SMILES string of the molecule is COc1ccc(NC(=O)CSc2nc(-c3ccccc3)cc(-c3ccccc3)c2C#N)c([N+](=O)[O-])c1. The number of nitro groups is 1. The van der Waals surface area contributed by atoms with Crippen LogP contribution in [-0.2, 0) is 4.79 Å². The number of nitrogens with one attached hydrogen (secondary N) is 1. The van der Waals surface area contributed by atoms with Crippen molar-refractivity contribution < 1.29 is 14.5 Å². The summed E-state index contributed by atoms with van der Waals surface area (Å²) >= 11 is 1.10. The number of thioether (sulfide) groups is 1. The Morgan fingerprint density at radius 3 is 2.33 bits per heavy atom. The minimum atomic E-state index is -0.587. The molecule has 0 aliphatic heterocycles. The Balaban J connectivity index is 1.65. The van der Waals surface area contributed by atoms with Gasteiger partial charge in [-0.1, -0.05) is 72.4 Å². The zero-order valence-electron chi connectivity index (χ0n) is 19.2. The Bertz CT molecular complexity index is 1450. The van der Waals surface area contributed by atoms with E-state index in [1.165, 1.54) is 25.3 Å². The molecule has 0 fully saturated rings. The lowest BCUT2D eigenvalue weighted by Gasteiger charge is -2.13. The molecule has 0 unspecified atom stereocenters. The second-order valence-electron chi connectivity index (χ2n) is 7.56. The number of nitrogens with zero attached hydrogens (tertiary/aromatic N) is 3. The van der Waals surface area contributed by atoms with Crippen LogP contribution in [0, 0.1) is 21.4 Å². The van der Waals surface area contributed by atoms with E-state index < -0.39 is 10.8 Å². The number of aromatic nitrogens is 1. The lowest BCUT2D eigenvalue weighted by molar-refractivity contribution is -0.384. The number of carbonyl (C=O) groups is 1. The highest BCUT2D eigenvalue weighted by atomic mass is 32.2. The first-order valence-electron chi connectivity index (χ1n) is 10.8. The van der Waals surface area contributed by atoms with Gasteiger partial charge in [-0.15, -0.1) is 0 Å². The molecule has 1 amide bonds. The standard InChI is InChI=1S/C27H20N4O4S/c1-35-20-12-13-23(25(14-20)31(33)34)29-26(32)17-36-27-22(16-28)21(18-8-4-2-5-9-18)15-24(30-27)19-10-6-3-7-11-19/h2-15H,17H2,1H3,(H,29,32). The summed E-state index contributed by atoms with van der Waals surface area (Å²) in [5.41, 5.74) is 3.24. The molecule has 0 atom stereocenters. The molecule has 0 saturated carbocycles. The van der Waals surface area contributed by atoms with Crippen molar-refractivity contribution in [2.24, 2.45) is 0 Å². The predicted octanol–water partition coefficient (Wildman–Crippen LogP) is 5.93. The van der Waals surface area contributed by atoms with Gasteiger partial charge in [0.05, 0.1) is 35.1 Å². The van der Waals surface area contributed by atoms with Gasteiger partial charge in [-0.2, -0.15) is 5.26 Å². The molecule has 9 heteroatoms. The topological polar surface area (TPSA) is 118 Å². The number of ether oxygens (including phenoxy) is 1. The van der Waals surface area contributed by atoms with Crippen LogP contribution in [0.5, 0.6) is 5.75 Å². The largest absolute Gasteiger partial charge is 0.496 e. The Kier molecular flexibility index (Phi) is 7.58. The maximum Gasteiger partial charge on any atom is 0.296 e. The number of nitro benzene ring substituents is 1. The van der Waals surface area contributed by atoms with Crippen LogP contribution in [0.1, 0.15) is 5.56 Å². The van der Waals surface area contributed by atoms with Gasteiger partial charge in [0.2, 0.25) is 5.91 Å². The molecule has 4 aromatic rings. The summed E-state index contributed by atoms with van der Waals surface area (Å²) in [6.07, 6.45) is 0. The molecule has 0 spiro atoms. The third kappa shape index (κ3) is 5.51. The van der Waals surface area contributed by atoms with Crippen LogP contribution in [0.4, 0.5) is 11.4 Å². The van der Waals surface area contributed by atoms with Crippen LogP contribution < -0.4 is 10.1 Å². The van der Waals surface area contributed by atoms with Crippen LogP contribution in [0.15, 0.2) is 90.0 Å². The third-order valence-electron chi connectivity index (χ3n) is 5.27. The van der Waals surface area contributed by atoms with Gasteiger partial charge in [0.1, 0.15) is 22.5 Å². The van der Waals surface area contributed by atoms with Gasteiger partial charge in [-0.25, -0.2) is 4.98 Å². The summed E-state index contributed by atoms with van der Waals surface area (Å²) in [4.78, 5) is 28.3. The average Bonchev–Trinajstić information content (AvgIpc) is 2.92. The molecule has 0 saturated heterocycles. The Morgan fingerprint density at radius 2 is 1.72 bits per heavy atom. The molecule has 8 nitrogen and oxygen atoms in total. The van der Waals surface area contributed by atoms with Crippen molar-refractivity contribution in [2.45, 2.75) is 5.03 Å². The Labute approximate surface area is 211 Å². The van der Waals surface area contributed by atoms with E-state index in [0.717, 1.165) is 22.9 Å². The predicted molar refractivity (Wildman–Crippen MR) is 139 cm³/mol. The maximum atomic E-state index is 12.7. The van der Waals surface area contributed by atoms with E-state index in [9.17, 15) is 20.2 Å². The number of carbonyl (C=O) groups excluding carboxylic acids is 1. The molecular weight excluding hydrogens is 476 g/mol. The van der Waals surface area contributed by atoms with Gasteiger partial charge < -0.3 is 10.1 Å². The fourth-order valence-electron chi connectivity index (χ4n) is 3.55. The number of anilines is 1. The molecule has 4 rings (SSSR count). The van der Waals surface area contributed by atoms with E-state index in [2.05, 4.69) is 16.4 Å².